The summed E-state index contributed by atoms with van der Waals surface area (Å²) in [7, 11) is 0. The first-order valence-electron chi connectivity index (χ1n) is 5.78. The van der Waals surface area contributed by atoms with Crippen molar-refractivity contribution >= 4 is 17.1 Å². The van der Waals surface area contributed by atoms with E-state index in [4.69, 9.17) is 0 Å². The molecule has 92 valence electrons. The minimum Gasteiger partial charge on any atom is -0.244 e. The van der Waals surface area contributed by atoms with Gasteiger partial charge < -0.3 is 0 Å². The van der Waals surface area contributed by atoms with Crippen LogP contribution in [0.3, 0.4) is 0 Å². The van der Waals surface area contributed by atoms with Gasteiger partial charge in [0, 0.05) is 5.56 Å². The zero-order valence-corrected chi connectivity index (χ0v) is 10.0. The van der Waals surface area contributed by atoms with E-state index in [1.807, 2.05) is 12.1 Å². The van der Waals surface area contributed by atoms with Crippen LogP contribution in [0.25, 0.3) is 28.4 Å². The first kappa shape index (κ1) is 11.5. The van der Waals surface area contributed by atoms with E-state index < -0.39 is 0 Å². The number of rotatable bonds is 2. The quantitative estimate of drug-likeness (QED) is 0.700. The van der Waals surface area contributed by atoms with Crippen molar-refractivity contribution in [2.24, 2.45) is 0 Å². The van der Waals surface area contributed by atoms with Crippen molar-refractivity contribution in [3.05, 3.63) is 60.8 Å². The molecule has 0 radical (unpaired) electrons. The Balaban J connectivity index is 2.20. The smallest absolute Gasteiger partial charge is 0.123 e. The normalized spacial score (nSPS) is 10.6. The molecule has 4 heteroatoms. The Bertz CT molecular complexity index is 751. The summed E-state index contributed by atoms with van der Waals surface area (Å²) in [6.07, 6.45) is 3.13. The first-order valence-corrected chi connectivity index (χ1v) is 5.78. The summed E-state index contributed by atoms with van der Waals surface area (Å²) >= 11 is 0. The van der Waals surface area contributed by atoms with Gasteiger partial charge >= 0.3 is 0 Å². The van der Waals surface area contributed by atoms with E-state index in [2.05, 4.69) is 21.5 Å². The van der Waals surface area contributed by atoms with Gasteiger partial charge in [0.1, 0.15) is 17.7 Å². The molecular formula is C15H10FN3. The molecule has 0 N–H and O–H groups in total. The van der Waals surface area contributed by atoms with Crippen LogP contribution in [0.2, 0.25) is 0 Å². The van der Waals surface area contributed by atoms with Crippen molar-refractivity contribution in [3.8, 4) is 11.3 Å². The molecule has 3 rings (SSSR count). The van der Waals surface area contributed by atoms with E-state index in [0.29, 0.717) is 11.2 Å². The predicted molar refractivity (Wildman–Crippen MR) is 72.8 cm³/mol. The average molecular weight is 251 g/mol. The average Bonchev–Trinajstić information content (AvgIpc) is 2.47. The second-order valence-corrected chi connectivity index (χ2v) is 4.03. The van der Waals surface area contributed by atoms with Crippen LogP contribution in [-0.2, 0) is 0 Å². The van der Waals surface area contributed by atoms with Gasteiger partial charge in [-0.15, -0.1) is 0 Å². The largest absolute Gasteiger partial charge is 0.244 e. The summed E-state index contributed by atoms with van der Waals surface area (Å²) in [6.45, 7) is 3.72. The number of nitrogens with zero attached hydrogens (tertiary/aromatic N) is 3. The molecule has 3 aromatic rings. The summed E-state index contributed by atoms with van der Waals surface area (Å²) in [5, 5.41) is 0. The molecule has 0 amide bonds. The summed E-state index contributed by atoms with van der Waals surface area (Å²) in [5.41, 5.74) is 3.75. The predicted octanol–water partition coefficient (Wildman–Crippen LogP) is 3.47. The topological polar surface area (TPSA) is 38.7 Å². The van der Waals surface area contributed by atoms with E-state index in [1.54, 1.807) is 18.2 Å². The minimum atomic E-state index is -0.264. The zero-order valence-electron chi connectivity index (χ0n) is 10.0. The van der Waals surface area contributed by atoms with Crippen LogP contribution < -0.4 is 0 Å². The van der Waals surface area contributed by atoms with Gasteiger partial charge in [-0.2, -0.15) is 0 Å². The number of halogens is 1. The van der Waals surface area contributed by atoms with Gasteiger partial charge in [-0.3, -0.25) is 0 Å². The minimum absolute atomic E-state index is 0.264. The molecule has 0 saturated heterocycles. The SMILES string of the molecule is C=Cc1ncnc2ccc(-c3ccc(F)cc3)nc12. The molecule has 0 unspecified atom stereocenters. The van der Waals surface area contributed by atoms with Gasteiger partial charge in [0.15, 0.2) is 0 Å². The number of pyridine rings is 1. The second kappa shape index (κ2) is 4.57. The highest BCUT2D eigenvalue weighted by atomic mass is 19.1. The monoisotopic (exact) mass is 251 g/mol. The molecule has 19 heavy (non-hydrogen) atoms. The van der Waals surface area contributed by atoms with Gasteiger partial charge in [-0.05, 0) is 42.5 Å². The third kappa shape index (κ3) is 2.08. The fourth-order valence-corrected chi connectivity index (χ4v) is 1.89. The Kier molecular flexibility index (Phi) is 2.76. The van der Waals surface area contributed by atoms with E-state index in [1.165, 1.54) is 18.5 Å². The number of hydrogen-bond donors (Lipinski definition) is 0. The summed E-state index contributed by atoms with van der Waals surface area (Å²) in [6, 6.07) is 9.95. The van der Waals surface area contributed by atoms with Crippen molar-refractivity contribution in [3.63, 3.8) is 0 Å². The van der Waals surface area contributed by atoms with Gasteiger partial charge in [-0.25, -0.2) is 19.3 Å². The maximum absolute atomic E-state index is 12.9. The molecule has 0 saturated carbocycles. The number of benzene rings is 1. The summed E-state index contributed by atoms with van der Waals surface area (Å²) < 4.78 is 12.9. The van der Waals surface area contributed by atoms with Gasteiger partial charge in [-0.1, -0.05) is 6.58 Å². The maximum atomic E-state index is 12.9. The fraction of sp³-hybridized carbons (Fsp3) is 0. The number of fused-ring (bicyclic) bond motifs is 1. The van der Waals surface area contributed by atoms with Crippen LogP contribution >= 0.6 is 0 Å². The van der Waals surface area contributed by atoms with Crippen molar-refractivity contribution in [1.82, 2.24) is 15.0 Å². The van der Waals surface area contributed by atoms with E-state index >= 15 is 0 Å². The van der Waals surface area contributed by atoms with Crippen LogP contribution in [0.15, 0.2) is 49.3 Å². The van der Waals surface area contributed by atoms with Gasteiger partial charge in [0.25, 0.3) is 0 Å². The lowest BCUT2D eigenvalue weighted by Gasteiger charge is -2.04. The van der Waals surface area contributed by atoms with Crippen LogP contribution in [-0.4, -0.2) is 15.0 Å². The Morgan fingerprint density at radius 1 is 1.00 bits per heavy atom. The summed E-state index contributed by atoms with van der Waals surface area (Å²) in [4.78, 5) is 12.8. The lowest BCUT2D eigenvalue weighted by molar-refractivity contribution is 0.628. The molecule has 0 aliphatic carbocycles. The molecule has 2 aromatic heterocycles. The summed E-state index contributed by atoms with van der Waals surface area (Å²) in [5.74, 6) is -0.264. The molecule has 2 heterocycles. The highest BCUT2D eigenvalue weighted by Crippen LogP contribution is 2.21. The lowest BCUT2D eigenvalue weighted by atomic mass is 10.1. The first-order chi connectivity index (χ1) is 9.28. The Morgan fingerprint density at radius 2 is 1.79 bits per heavy atom. The highest BCUT2D eigenvalue weighted by molar-refractivity contribution is 5.84. The molecular weight excluding hydrogens is 241 g/mol. The molecule has 0 aliphatic heterocycles. The third-order valence-electron chi connectivity index (χ3n) is 2.84. The van der Waals surface area contributed by atoms with Crippen molar-refractivity contribution < 1.29 is 4.39 Å². The van der Waals surface area contributed by atoms with Gasteiger partial charge in [0.05, 0.1) is 16.9 Å². The lowest BCUT2D eigenvalue weighted by Crippen LogP contribution is -1.92. The Labute approximate surface area is 109 Å². The molecule has 3 nitrogen and oxygen atoms in total. The third-order valence-corrected chi connectivity index (χ3v) is 2.84. The fourth-order valence-electron chi connectivity index (χ4n) is 1.89. The second-order valence-electron chi connectivity index (χ2n) is 4.03. The Morgan fingerprint density at radius 3 is 2.53 bits per heavy atom. The van der Waals surface area contributed by atoms with E-state index in [0.717, 1.165) is 16.8 Å². The number of hydrogen-bond acceptors (Lipinski definition) is 3. The van der Waals surface area contributed by atoms with Crippen LogP contribution in [0.1, 0.15) is 5.69 Å². The molecule has 0 fully saturated rings. The molecule has 0 atom stereocenters. The molecule has 0 spiro atoms. The van der Waals surface area contributed by atoms with Crippen LogP contribution in [0, 0.1) is 5.82 Å². The molecule has 0 aliphatic rings. The highest BCUT2D eigenvalue weighted by Gasteiger charge is 2.05. The molecule has 1 aromatic carbocycles. The maximum Gasteiger partial charge on any atom is 0.123 e. The van der Waals surface area contributed by atoms with Gasteiger partial charge in [0.2, 0.25) is 0 Å². The van der Waals surface area contributed by atoms with Crippen molar-refractivity contribution in [2.75, 3.05) is 0 Å². The van der Waals surface area contributed by atoms with E-state index in [9.17, 15) is 4.39 Å². The van der Waals surface area contributed by atoms with Crippen LogP contribution in [0.4, 0.5) is 4.39 Å². The zero-order chi connectivity index (χ0) is 13.2. The van der Waals surface area contributed by atoms with Crippen molar-refractivity contribution in [2.45, 2.75) is 0 Å². The van der Waals surface area contributed by atoms with Crippen molar-refractivity contribution in [1.29, 1.82) is 0 Å². The number of aromatic nitrogens is 3. The standard InChI is InChI=1S/C15H10FN3/c1-2-12-15-14(18-9-17-12)8-7-13(19-15)10-3-5-11(16)6-4-10/h2-9H,1H2. The van der Waals surface area contributed by atoms with E-state index in [-0.39, 0.29) is 5.82 Å². The molecule has 0 bridgehead atoms. The Hall–Kier alpha value is -2.62. The van der Waals surface area contributed by atoms with Crippen LogP contribution in [0.5, 0.6) is 0 Å².